The Morgan fingerprint density at radius 2 is 0.789 bits per heavy atom. The predicted octanol–water partition coefficient (Wildman–Crippen LogP) is 19.1. The van der Waals surface area contributed by atoms with E-state index in [9.17, 15) is 0 Å². The lowest BCUT2D eigenvalue weighted by molar-refractivity contribution is 0.669. The van der Waals surface area contributed by atoms with Gasteiger partial charge < -0.3 is 13.9 Å². The maximum absolute atomic E-state index is 6.31. The maximum Gasteiger partial charge on any atom is 0.136 e. The Balaban J connectivity index is 0.861. The molecule has 71 heavy (non-hydrogen) atoms. The molecular formula is C68H44N2O. The molecular weight excluding hydrogens is 861 g/mol. The number of anilines is 3. The number of hydrogen-bond acceptors (Lipinski definition) is 2. The second kappa shape index (κ2) is 16.7. The summed E-state index contributed by atoms with van der Waals surface area (Å²) in [5, 5.41) is 9.74. The van der Waals surface area contributed by atoms with Gasteiger partial charge in [0.15, 0.2) is 0 Å². The van der Waals surface area contributed by atoms with Crippen LogP contribution in [0.2, 0.25) is 0 Å². The van der Waals surface area contributed by atoms with Crippen molar-refractivity contribution in [2.24, 2.45) is 0 Å². The van der Waals surface area contributed by atoms with Gasteiger partial charge in [-0.3, -0.25) is 0 Å². The summed E-state index contributed by atoms with van der Waals surface area (Å²) in [4.78, 5) is 2.41. The van der Waals surface area contributed by atoms with Crippen molar-refractivity contribution in [2.45, 2.75) is 0 Å². The van der Waals surface area contributed by atoms with Gasteiger partial charge in [0.25, 0.3) is 0 Å². The summed E-state index contributed by atoms with van der Waals surface area (Å²) in [6.07, 6.45) is 0. The van der Waals surface area contributed by atoms with Crippen LogP contribution in [-0.4, -0.2) is 4.57 Å². The Morgan fingerprint density at radius 1 is 0.282 bits per heavy atom. The highest BCUT2D eigenvalue weighted by atomic mass is 16.3. The summed E-state index contributed by atoms with van der Waals surface area (Å²) in [6, 6.07) is 96.8. The standard InChI is InChI=1S/C68H44N2O/c1-2-20-55-51(15-1)43-63(57-22-4-3-21-56(55)57)60-25-7-9-27-64(60)69(53-38-33-46(34-39-53)50-35-40-62-61-26-8-12-30-67(61)71-68(62)44-50)52-36-31-45(32-37-52)47-16-13-17-48(41-47)49-18-14-19-54(42-49)70-65-28-10-5-23-58(65)59-24-6-11-29-66(59)70/h1-44H. The lowest BCUT2D eigenvalue weighted by atomic mass is 9.92. The predicted molar refractivity (Wildman–Crippen MR) is 299 cm³/mol. The Bertz CT molecular complexity index is 4290. The molecule has 0 aliphatic heterocycles. The third kappa shape index (κ3) is 6.89. The van der Waals surface area contributed by atoms with Gasteiger partial charge in [0.05, 0.1) is 16.7 Å². The Labute approximate surface area is 411 Å². The minimum atomic E-state index is 0.893. The topological polar surface area (TPSA) is 21.3 Å². The van der Waals surface area contributed by atoms with Crippen LogP contribution < -0.4 is 4.90 Å². The number of furan rings is 1. The summed E-state index contributed by atoms with van der Waals surface area (Å²) < 4.78 is 8.70. The second-order valence-corrected chi connectivity index (χ2v) is 18.4. The van der Waals surface area contributed by atoms with Gasteiger partial charge in [-0.2, -0.15) is 0 Å². The minimum Gasteiger partial charge on any atom is -0.456 e. The molecule has 3 nitrogen and oxygen atoms in total. The van der Waals surface area contributed by atoms with Gasteiger partial charge in [0.1, 0.15) is 11.2 Å². The zero-order chi connectivity index (χ0) is 46.8. The quantitative estimate of drug-likeness (QED) is 0.142. The van der Waals surface area contributed by atoms with E-state index in [0.29, 0.717) is 0 Å². The van der Waals surface area contributed by atoms with Crippen molar-refractivity contribution in [3.05, 3.63) is 267 Å². The Morgan fingerprint density at radius 3 is 1.51 bits per heavy atom. The molecule has 332 valence electrons. The van der Waals surface area contributed by atoms with Crippen molar-refractivity contribution >= 4 is 82.4 Å². The van der Waals surface area contributed by atoms with E-state index in [1.807, 2.05) is 12.1 Å². The number of hydrogen-bond donors (Lipinski definition) is 0. The fourth-order valence-corrected chi connectivity index (χ4v) is 11.0. The molecule has 0 bridgehead atoms. The molecule has 0 aliphatic carbocycles. The molecule has 0 amide bonds. The van der Waals surface area contributed by atoms with Gasteiger partial charge in [-0.1, -0.05) is 182 Å². The van der Waals surface area contributed by atoms with Crippen LogP contribution in [0.4, 0.5) is 17.1 Å². The third-order valence-electron chi connectivity index (χ3n) is 14.4. The summed E-state index contributed by atoms with van der Waals surface area (Å²) >= 11 is 0. The van der Waals surface area contributed by atoms with Crippen LogP contribution >= 0.6 is 0 Å². The number of aromatic nitrogens is 1. The van der Waals surface area contributed by atoms with E-state index in [4.69, 9.17) is 4.42 Å². The first-order valence-electron chi connectivity index (χ1n) is 24.3. The number of nitrogens with zero attached hydrogens (tertiary/aromatic N) is 2. The van der Waals surface area contributed by atoms with Crippen molar-refractivity contribution in [2.75, 3.05) is 4.90 Å². The molecule has 0 radical (unpaired) electrons. The van der Waals surface area contributed by atoms with E-state index in [2.05, 4.69) is 264 Å². The van der Waals surface area contributed by atoms with Crippen molar-refractivity contribution in [3.63, 3.8) is 0 Å². The van der Waals surface area contributed by atoms with Crippen molar-refractivity contribution in [1.82, 2.24) is 4.57 Å². The monoisotopic (exact) mass is 904 g/mol. The fourth-order valence-electron chi connectivity index (χ4n) is 11.0. The first-order valence-corrected chi connectivity index (χ1v) is 24.3. The highest BCUT2D eigenvalue weighted by Gasteiger charge is 2.20. The maximum atomic E-state index is 6.31. The van der Waals surface area contributed by atoms with Crippen LogP contribution in [0.5, 0.6) is 0 Å². The molecule has 0 saturated heterocycles. The van der Waals surface area contributed by atoms with Gasteiger partial charge in [-0.05, 0) is 145 Å². The first kappa shape index (κ1) is 40.6. The SMILES string of the molecule is c1cc(-c2ccc(N(c3ccc(-c4ccc5c(c4)oc4ccccc45)cc3)c3ccccc3-c3cc4ccccc4c4ccccc34)cc2)cc(-c2cccc(-n3c4ccccc4c4ccccc43)c2)c1. The summed E-state index contributed by atoms with van der Waals surface area (Å²) in [6.45, 7) is 0. The highest BCUT2D eigenvalue weighted by Crippen LogP contribution is 2.45. The summed E-state index contributed by atoms with van der Waals surface area (Å²) in [5.74, 6) is 0. The minimum absolute atomic E-state index is 0.893. The van der Waals surface area contributed by atoms with E-state index in [1.54, 1.807) is 0 Å². The molecule has 0 atom stereocenters. The zero-order valence-corrected chi connectivity index (χ0v) is 38.7. The van der Waals surface area contributed by atoms with Crippen LogP contribution in [0.1, 0.15) is 0 Å². The fraction of sp³-hybridized carbons (Fsp3) is 0. The first-order chi connectivity index (χ1) is 35.2. The zero-order valence-electron chi connectivity index (χ0n) is 38.7. The van der Waals surface area contributed by atoms with Crippen molar-refractivity contribution in [3.8, 4) is 50.2 Å². The summed E-state index contributed by atoms with van der Waals surface area (Å²) in [5.41, 5.74) is 17.9. The molecule has 14 aromatic rings. The smallest absolute Gasteiger partial charge is 0.136 e. The van der Waals surface area contributed by atoms with Crippen LogP contribution in [0.15, 0.2) is 271 Å². The number of benzene rings is 12. The van der Waals surface area contributed by atoms with Gasteiger partial charge in [0.2, 0.25) is 0 Å². The van der Waals surface area contributed by atoms with Crippen LogP contribution in [0.25, 0.3) is 115 Å². The largest absolute Gasteiger partial charge is 0.456 e. The van der Waals surface area contributed by atoms with Gasteiger partial charge in [0, 0.05) is 44.2 Å². The molecule has 2 heterocycles. The van der Waals surface area contributed by atoms with Crippen molar-refractivity contribution in [1.29, 1.82) is 0 Å². The lowest BCUT2D eigenvalue weighted by Crippen LogP contribution is -2.11. The van der Waals surface area contributed by atoms with Crippen LogP contribution in [-0.2, 0) is 0 Å². The molecule has 12 aromatic carbocycles. The second-order valence-electron chi connectivity index (χ2n) is 18.4. The Hall–Kier alpha value is -9.44. The van der Waals surface area contributed by atoms with Gasteiger partial charge in [-0.15, -0.1) is 0 Å². The van der Waals surface area contributed by atoms with E-state index in [1.165, 1.54) is 60.0 Å². The van der Waals surface area contributed by atoms with E-state index < -0.39 is 0 Å². The molecule has 0 spiro atoms. The Kier molecular flexibility index (Phi) is 9.53. The van der Waals surface area contributed by atoms with Crippen molar-refractivity contribution < 1.29 is 4.42 Å². The highest BCUT2D eigenvalue weighted by molar-refractivity contribution is 6.15. The molecule has 0 N–H and O–H groups in total. The van der Waals surface area contributed by atoms with Gasteiger partial charge in [-0.25, -0.2) is 0 Å². The normalized spacial score (nSPS) is 11.7. The van der Waals surface area contributed by atoms with E-state index in [0.717, 1.165) is 72.5 Å². The molecule has 0 aliphatic rings. The third-order valence-corrected chi connectivity index (χ3v) is 14.4. The summed E-state index contributed by atoms with van der Waals surface area (Å²) in [7, 11) is 0. The van der Waals surface area contributed by atoms with E-state index in [-0.39, 0.29) is 0 Å². The number of para-hydroxylation sites is 4. The molecule has 0 unspecified atom stereocenters. The average Bonchev–Trinajstić information content (AvgIpc) is 3.99. The number of fused-ring (bicyclic) bond motifs is 9. The molecule has 3 heteroatoms. The van der Waals surface area contributed by atoms with Crippen LogP contribution in [0.3, 0.4) is 0 Å². The van der Waals surface area contributed by atoms with E-state index >= 15 is 0 Å². The van der Waals surface area contributed by atoms with Gasteiger partial charge >= 0.3 is 0 Å². The molecule has 0 fully saturated rings. The van der Waals surface area contributed by atoms with Crippen LogP contribution in [0, 0.1) is 0 Å². The lowest BCUT2D eigenvalue weighted by Gasteiger charge is -2.28. The molecule has 0 saturated carbocycles. The number of rotatable bonds is 8. The molecule has 14 rings (SSSR count). The average molecular weight is 905 g/mol. The molecule has 2 aromatic heterocycles.